The quantitative estimate of drug-likeness (QED) is 0.557. The first-order valence-corrected chi connectivity index (χ1v) is 10.6. The fourth-order valence-corrected chi connectivity index (χ4v) is 5.48. The number of hydrogen-bond acceptors (Lipinski definition) is 5. The molecule has 2 aromatic heterocycles. The Bertz CT molecular complexity index is 953. The van der Waals surface area contributed by atoms with Crippen LogP contribution in [0.25, 0.3) is 20.9 Å². The monoisotopic (exact) mass is 402 g/mol. The maximum Gasteiger partial charge on any atom is 0.128 e. The van der Waals surface area contributed by atoms with E-state index in [1.807, 2.05) is 29.0 Å². The molecule has 0 atom stereocenters. The molecular formula is C22H26O3S2. The van der Waals surface area contributed by atoms with Crippen LogP contribution in [0.3, 0.4) is 0 Å². The second-order valence-electron chi connectivity index (χ2n) is 7.81. The van der Waals surface area contributed by atoms with Crippen molar-refractivity contribution < 1.29 is 14.9 Å². The van der Waals surface area contributed by atoms with Gasteiger partial charge >= 0.3 is 0 Å². The zero-order valence-electron chi connectivity index (χ0n) is 16.6. The summed E-state index contributed by atoms with van der Waals surface area (Å²) in [7, 11) is 1.67. The molecule has 0 saturated carbocycles. The summed E-state index contributed by atoms with van der Waals surface area (Å²) in [6, 6.07) is 8.10. The van der Waals surface area contributed by atoms with Gasteiger partial charge in [-0.25, -0.2) is 0 Å². The van der Waals surface area contributed by atoms with Gasteiger partial charge in [0.2, 0.25) is 0 Å². The molecule has 0 spiro atoms. The van der Waals surface area contributed by atoms with Gasteiger partial charge in [0.1, 0.15) is 5.75 Å². The van der Waals surface area contributed by atoms with Crippen molar-refractivity contribution in [1.82, 2.24) is 0 Å². The van der Waals surface area contributed by atoms with E-state index in [0.717, 1.165) is 43.3 Å². The summed E-state index contributed by atoms with van der Waals surface area (Å²) in [6.45, 7) is 9.28. The van der Waals surface area contributed by atoms with Crippen LogP contribution in [-0.2, 0) is 11.2 Å². The Kier molecular flexibility index (Phi) is 5.25. The van der Waals surface area contributed by atoms with Crippen molar-refractivity contribution in [3.05, 3.63) is 51.7 Å². The van der Waals surface area contributed by atoms with Gasteiger partial charge < -0.3 is 14.9 Å². The zero-order valence-corrected chi connectivity index (χ0v) is 18.2. The van der Waals surface area contributed by atoms with Gasteiger partial charge in [-0.3, -0.25) is 0 Å². The van der Waals surface area contributed by atoms with Crippen molar-refractivity contribution in [3.63, 3.8) is 0 Å². The van der Waals surface area contributed by atoms with Crippen LogP contribution in [0.1, 0.15) is 44.4 Å². The second-order valence-corrected chi connectivity index (χ2v) is 9.64. The molecule has 144 valence electrons. The predicted molar refractivity (Wildman–Crippen MR) is 115 cm³/mol. The Labute approximate surface area is 168 Å². The molecule has 1 aromatic carbocycles. The van der Waals surface area contributed by atoms with Gasteiger partial charge in [-0.2, -0.15) is 0 Å². The third-order valence-electron chi connectivity index (χ3n) is 4.68. The first kappa shape index (κ1) is 20.1. The maximum absolute atomic E-state index is 10.5. The van der Waals surface area contributed by atoms with Gasteiger partial charge in [0.05, 0.1) is 18.3 Å². The third-order valence-corrected chi connectivity index (χ3v) is 6.58. The van der Waals surface area contributed by atoms with Gasteiger partial charge in [-0.15, -0.1) is 22.7 Å². The largest absolute Gasteiger partial charge is 0.496 e. The van der Waals surface area contributed by atoms with E-state index in [9.17, 15) is 10.2 Å². The van der Waals surface area contributed by atoms with Crippen LogP contribution < -0.4 is 4.74 Å². The number of rotatable bonds is 5. The summed E-state index contributed by atoms with van der Waals surface area (Å²) < 4.78 is 5.72. The lowest BCUT2D eigenvalue weighted by Gasteiger charge is -2.22. The van der Waals surface area contributed by atoms with Crippen LogP contribution in [-0.4, -0.2) is 17.3 Å². The number of thiophene rings is 2. The second kappa shape index (κ2) is 7.06. The molecule has 3 aromatic rings. The summed E-state index contributed by atoms with van der Waals surface area (Å²) in [5, 5.41) is 25.0. The number of aryl methyl sites for hydroxylation is 1. The first-order chi connectivity index (χ1) is 12.5. The molecule has 0 bridgehead atoms. The topological polar surface area (TPSA) is 49.7 Å². The van der Waals surface area contributed by atoms with Crippen molar-refractivity contribution in [3.8, 4) is 26.6 Å². The van der Waals surface area contributed by atoms with Gasteiger partial charge in [0.25, 0.3) is 0 Å². The van der Waals surface area contributed by atoms with E-state index in [2.05, 4.69) is 13.0 Å². The number of benzene rings is 1. The van der Waals surface area contributed by atoms with E-state index in [1.54, 1.807) is 57.5 Å². The highest BCUT2D eigenvalue weighted by molar-refractivity contribution is 7.14. The molecule has 2 heterocycles. The smallest absolute Gasteiger partial charge is 0.128 e. The Hall–Kier alpha value is -1.66. The van der Waals surface area contributed by atoms with Crippen molar-refractivity contribution in [1.29, 1.82) is 0 Å². The van der Waals surface area contributed by atoms with Gasteiger partial charge in [-0.1, -0.05) is 0 Å². The SMILES string of the molecule is COc1cc(-c2sccc2C(C)(C)O)c(C)cc1-c1sccc1C(C)(C)O. The van der Waals surface area contributed by atoms with E-state index >= 15 is 0 Å². The molecule has 3 rings (SSSR count). The molecule has 27 heavy (non-hydrogen) atoms. The van der Waals surface area contributed by atoms with Crippen molar-refractivity contribution in [2.75, 3.05) is 7.11 Å². The third kappa shape index (κ3) is 3.83. The molecule has 3 nitrogen and oxygen atoms in total. The number of ether oxygens (including phenoxy) is 1. The normalized spacial score (nSPS) is 12.4. The summed E-state index contributed by atoms with van der Waals surface area (Å²) >= 11 is 3.22. The highest BCUT2D eigenvalue weighted by Gasteiger charge is 2.26. The average molecular weight is 403 g/mol. The zero-order chi connectivity index (χ0) is 20.0. The lowest BCUT2D eigenvalue weighted by atomic mass is 9.91. The predicted octanol–water partition coefficient (Wildman–Crippen LogP) is 5.92. The van der Waals surface area contributed by atoms with Crippen LogP contribution >= 0.6 is 22.7 Å². The van der Waals surface area contributed by atoms with E-state index in [0.29, 0.717) is 0 Å². The lowest BCUT2D eigenvalue weighted by Crippen LogP contribution is -2.15. The fourth-order valence-electron chi connectivity index (χ4n) is 3.28. The number of hydrogen-bond donors (Lipinski definition) is 2. The molecule has 0 radical (unpaired) electrons. The molecule has 5 heteroatoms. The number of aliphatic hydroxyl groups is 2. The van der Waals surface area contributed by atoms with E-state index in [1.165, 1.54) is 0 Å². The van der Waals surface area contributed by atoms with E-state index in [4.69, 9.17) is 4.74 Å². The summed E-state index contributed by atoms with van der Waals surface area (Å²) in [6.07, 6.45) is 0. The fraction of sp³-hybridized carbons (Fsp3) is 0.364. The molecule has 0 aliphatic heterocycles. The Morgan fingerprint density at radius 3 is 1.74 bits per heavy atom. The molecule has 0 amide bonds. The van der Waals surface area contributed by atoms with Crippen LogP contribution in [0, 0.1) is 6.92 Å². The molecule has 0 unspecified atom stereocenters. The molecule has 0 saturated heterocycles. The Morgan fingerprint density at radius 1 is 0.815 bits per heavy atom. The number of methoxy groups -OCH3 is 1. The van der Waals surface area contributed by atoms with Crippen molar-refractivity contribution in [2.45, 2.75) is 45.8 Å². The van der Waals surface area contributed by atoms with Gasteiger partial charge in [0.15, 0.2) is 0 Å². The lowest BCUT2D eigenvalue weighted by molar-refractivity contribution is 0.0790. The molecule has 2 N–H and O–H groups in total. The highest BCUT2D eigenvalue weighted by Crippen LogP contribution is 2.45. The van der Waals surface area contributed by atoms with Crippen LogP contribution in [0.2, 0.25) is 0 Å². The maximum atomic E-state index is 10.5. The van der Waals surface area contributed by atoms with Crippen molar-refractivity contribution >= 4 is 22.7 Å². The molecular weight excluding hydrogens is 376 g/mol. The summed E-state index contributed by atoms with van der Waals surface area (Å²) in [5.74, 6) is 0.763. The summed E-state index contributed by atoms with van der Waals surface area (Å²) in [5.41, 5.74) is 3.12. The molecule has 0 fully saturated rings. The minimum absolute atomic E-state index is 0.763. The summed E-state index contributed by atoms with van der Waals surface area (Å²) in [4.78, 5) is 2.07. The highest BCUT2D eigenvalue weighted by atomic mass is 32.1. The standard InChI is InChI=1S/C22H26O3S2/c1-13-11-15(20-17(8-10-27-20)22(4,5)24)18(25-6)12-14(13)19-16(7-9-26-19)21(2,3)23/h7-12,23-24H,1-6H3. The first-order valence-electron chi connectivity index (χ1n) is 8.84. The molecule has 0 aliphatic rings. The van der Waals surface area contributed by atoms with Gasteiger partial charge in [0, 0.05) is 26.4 Å². The van der Waals surface area contributed by atoms with Crippen LogP contribution in [0.4, 0.5) is 0 Å². The minimum Gasteiger partial charge on any atom is -0.496 e. The average Bonchev–Trinajstić information content (AvgIpc) is 3.22. The Morgan fingerprint density at radius 2 is 1.30 bits per heavy atom. The van der Waals surface area contributed by atoms with E-state index < -0.39 is 11.2 Å². The minimum atomic E-state index is -0.922. The van der Waals surface area contributed by atoms with Crippen LogP contribution in [0.15, 0.2) is 35.0 Å². The molecule has 0 aliphatic carbocycles. The van der Waals surface area contributed by atoms with E-state index in [-0.39, 0.29) is 0 Å². The Balaban J connectivity index is 2.20. The van der Waals surface area contributed by atoms with Gasteiger partial charge in [-0.05, 0) is 80.8 Å². The van der Waals surface area contributed by atoms with Crippen LogP contribution in [0.5, 0.6) is 5.75 Å². The van der Waals surface area contributed by atoms with Crippen molar-refractivity contribution in [2.24, 2.45) is 0 Å².